The van der Waals surface area contributed by atoms with Gasteiger partial charge in [0.15, 0.2) is 0 Å². The minimum absolute atomic E-state index is 0.212. The molecule has 2 aromatic heterocycles. The fourth-order valence-electron chi connectivity index (χ4n) is 1.71. The first-order valence-corrected chi connectivity index (χ1v) is 7.90. The fraction of sp³-hybridized carbons (Fsp3) is 0.333. The van der Waals surface area contributed by atoms with Crippen LogP contribution >= 0.6 is 38.6 Å². The first kappa shape index (κ1) is 13.1. The highest BCUT2D eigenvalue weighted by Crippen LogP contribution is 2.39. The molecule has 0 bridgehead atoms. The topological polar surface area (TPSA) is 21.3 Å². The molecule has 0 spiro atoms. The lowest BCUT2D eigenvalue weighted by atomic mass is 10.2. The van der Waals surface area contributed by atoms with Gasteiger partial charge in [-0.25, -0.2) is 0 Å². The number of thiophene rings is 2. The number of hydrogen-bond acceptors (Lipinski definition) is 4. The zero-order valence-corrected chi connectivity index (χ0v) is 12.9. The Hall–Kier alpha value is -0.360. The maximum atomic E-state index is 5.41. The van der Waals surface area contributed by atoms with Crippen LogP contribution in [0.15, 0.2) is 27.4 Å². The van der Waals surface area contributed by atoms with Gasteiger partial charge in [-0.1, -0.05) is 6.92 Å². The van der Waals surface area contributed by atoms with Gasteiger partial charge in [0, 0.05) is 9.35 Å². The van der Waals surface area contributed by atoms with Gasteiger partial charge < -0.3 is 10.1 Å². The first-order valence-electron chi connectivity index (χ1n) is 5.35. The number of ether oxygens (including phenoxy) is 1. The van der Waals surface area contributed by atoms with E-state index in [1.54, 1.807) is 29.8 Å². The van der Waals surface area contributed by atoms with Crippen molar-refractivity contribution in [1.29, 1.82) is 0 Å². The van der Waals surface area contributed by atoms with Crippen LogP contribution in [0.5, 0.6) is 5.75 Å². The van der Waals surface area contributed by atoms with Crippen LogP contribution in [0, 0.1) is 0 Å². The number of methoxy groups -OCH3 is 1. The summed E-state index contributed by atoms with van der Waals surface area (Å²) in [6, 6.07) is 4.32. The molecule has 2 rings (SSSR count). The molecule has 2 aromatic rings. The molecule has 0 saturated heterocycles. The van der Waals surface area contributed by atoms with Gasteiger partial charge in [0.1, 0.15) is 5.75 Å². The molecule has 0 amide bonds. The maximum absolute atomic E-state index is 5.41. The summed E-state index contributed by atoms with van der Waals surface area (Å²) in [5, 5.41) is 7.68. The van der Waals surface area contributed by atoms with E-state index in [-0.39, 0.29) is 6.04 Å². The van der Waals surface area contributed by atoms with Crippen molar-refractivity contribution < 1.29 is 4.74 Å². The molecule has 1 unspecified atom stereocenters. The van der Waals surface area contributed by atoms with Crippen molar-refractivity contribution in [2.45, 2.75) is 13.0 Å². The number of rotatable bonds is 5. The van der Waals surface area contributed by atoms with Crippen molar-refractivity contribution in [2.24, 2.45) is 0 Å². The van der Waals surface area contributed by atoms with Crippen LogP contribution in [-0.4, -0.2) is 13.7 Å². The Kier molecular flexibility index (Phi) is 4.62. The molecule has 0 aliphatic heterocycles. The van der Waals surface area contributed by atoms with Crippen LogP contribution in [-0.2, 0) is 0 Å². The minimum Gasteiger partial charge on any atom is -0.496 e. The van der Waals surface area contributed by atoms with E-state index in [1.165, 1.54) is 9.75 Å². The normalized spacial score (nSPS) is 12.6. The van der Waals surface area contributed by atoms with Gasteiger partial charge in [-0.2, -0.15) is 0 Å². The summed E-state index contributed by atoms with van der Waals surface area (Å²) in [6.45, 7) is 3.05. The van der Waals surface area contributed by atoms with Crippen molar-refractivity contribution in [3.63, 3.8) is 0 Å². The SMILES string of the molecule is CCNC(c1sccc1Br)c1sccc1OC. The van der Waals surface area contributed by atoms with Crippen LogP contribution in [0.4, 0.5) is 0 Å². The lowest BCUT2D eigenvalue weighted by Gasteiger charge is -2.17. The Balaban J connectivity index is 2.39. The highest BCUT2D eigenvalue weighted by molar-refractivity contribution is 9.10. The van der Waals surface area contributed by atoms with E-state index in [0.717, 1.165) is 16.8 Å². The van der Waals surface area contributed by atoms with Gasteiger partial charge in [-0.05, 0) is 45.4 Å². The van der Waals surface area contributed by atoms with E-state index >= 15 is 0 Å². The Morgan fingerprint density at radius 1 is 1.29 bits per heavy atom. The first-order chi connectivity index (χ1) is 8.27. The fourth-order valence-corrected chi connectivity index (χ4v) is 4.41. The maximum Gasteiger partial charge on any atom is 0.134 e. The third-order valence-electron chi connectivity index (χ3n) is 2.45. The molecule has 0 aliphatic rings. The largest absolute Gasteiger partial charge is 0.496 e. The van der Waals surface area contributed by atoms with Crippen molar-refractivity contribution in [2.75, 3.05) is 13.7 Å². The second-order valence-electron chi connectivity index (χ2n) is 3.48. The van der Waals surface area contributed by atoms with Gasteiger partial charge in [-0.3, -0.25) is 0 Å². The monoisotopic (exact) mass is 331 g/mol. The standard InChI is InChI=1S/C12H14BrNOS2/c1-3-14-10(11-8(13)4-6-16-11)12-9(15-2)5-7-17-12/h4-7,10,14H,3H2,1-2H3. The summed E-state index contributed by atoms with van der Waals surface area (Å²) in [6.07, 6.45) is 0. The summed E-state index contributed by atoms with van der Waals surface area (Å²) in [7, 11) is 1.72. The molecule has 2 heterocycles. The average Bonchev–Trinajstić information content (AvgIpc) is 2.94. The molecule has 5 heteroatoms. The molecule has 0 fully saturated rings. The van der Waals surface area contributed by atoms with Crippen LogP contribution in [0.1, 0.15) is 22.7 Å². The third-order valence-corrected chi connectivity index (χ3v) is 5.35. The van der Waals surface area contributed by atoms with Crippen LogP contribution in [0.2, 0.25) is 0 Å². The van der Waals surface area contributed by atoms with Crippen LogP contribution in [0.3, 0.4) is 0 Å². The van der Waals surface area contributed by atoms with Crippen molar-refractivity contribution in [1.82, 2.24) is 5.32 Å². The van der Waals surface area contributed by atoms with Crippen LogP contribution in [0.25, 0.3) is 0 Å². The average molecular weight is 332 g/mol. The summed E-state index contributed by atoms with van der Waals surface area (Å²) >= 11 is 7.09. The summed E-state index contributed by atoms with van der Waals surface area (Å²) < 4.78 is 6.57. The van der Waals surface area contributed by atoms with Crippen LogP contribution < -0.4 is 10.1 Å². The Morgan fingerprint density at radius 3 is 2.59 bits per heavy atom. The Morgan fingerprint density at radius 2 is 2.00 bits per heavy atom. The van der Waals surface area contributed by atoms with Gasteiger partial charge in [0.2, 0.25) is 0 Å². The Labute approximate surface area is 118 Å². The van der Waals surface area contributed by atoms with E-state index in [4.69, 9.17) is 4.74 Å². The van der Waals surface area contributed by atoms with E-state index in [2.05, 4.69) is 45.0 Å². The summed E-state index contributed by atoms with van der Waals surface area (Å²) in [4.78, 5) is 2.53. The van der Waals surface area contributed by atoms with E-state index < -0.39 is 0 Å². The second kappa shape index (κ2) is 6.00. The molecule has 0 aromatic carbocycles. The molecule has 17 heavy (non-hydrogen) atoms. The number of halogens is 1. The smallest absolute Gasteiger partial charge is 0.134 e. The van der Waals surface area contributed by atoms with Gasteiger partial charge in [0.05, 0.1) is 18.0 Å². The predicted molar refractivity (Wildman–Crippen MR) is 78.4 cm³/mol. The molecular formula is C12H14BrNOS2. The molecule has 1 atom stereocenters. The molecule has 0 aliphatic carbocycles. The Bertz CT molecular complexity index is 480. The lowest BCUT2D eigenvalue weighted by molar-refractivity contribution is 0.408. The zero-order chi connectivity index (χ0) is 12.3. The van der Waals surface area contributed by atoms with Crippen molar-refractivity contribution in [3.05, 3.63) is 37.1 Å². The highest BCUT2D eigenvalue weighted by atomic mass is 79.9. The van der Waals surface area contributed by atoms with Crippen molar-refractivity contribution in [3.8, 4) is 5.75 Å². The summed E-state index contributed by atoms with van der Waals surface area (Å²) in [5.41, 5.74) is 0. The van der Waals surface area contributed by atoms with E-state index in [9.17, 15) is 0 Å². The van der Waals surface area contributed by atoms with E-state index in [1.807, 2.05) is 6.07 Å². The van der Waals surface area contributed by atoms with Crippen molar-refractivity contribution >= 4 is 38.6 Å². The van der Waals surface area contributed by atoms with Gasteiger partial charge in [0.25, 0.3) is 0 Å². The lowest BCUT2D eigenvalue weighted by Crippen LogP contribution is -2.20. The molecule has 0 saturated carbocycles. The number of nitrogens with one attached hydrogen (secondary N) is 1. The molecule has 0 radical (unpaired) electrons. The number of hydrogen-bond donors (Lipinski definition) is 1. The molecule has 92 valence electrons. The minimum atomic E-state index is 0.212. The summed E-state index contributed by atoms with van der Waals surface area (Å²) in [5.74, 6) is 0.959. The highest BCUT2D eigenvalue weighted by Gasteiger charge is 2.21. The molecule has 2 nitrogen and oxygen atoms in total. The van der Waals surface area contributed by atoms with Gasteiger partial charge in [-0.15, -0.1) is 22.7 Å². The second-order valence-corrected chi connectivity index (χ2v) is 6.23. The predicted octanol–water partition coefficient (Wildman–Crippen LogP) is 4.28. The quantitative estimate of drug-likeness (QED) is 0.882. The van der Waals surface area contributed by atoms with Gasteiger partial charge >= 0.3 is 0 Å². The molecule has 1 N–H and O–H groups in total. The zero-order valence-electron chi connectivity index (χ0n) is 9.70. The molecular weight excluding hydrogens is 318 g/mol. The third kappa shape index (κ3) is 2.73. The van der Waals surface area contributed by atoms with E-state index in [0.29, 0.717) is 0 Å².